The molecule has 2 aromatic rings. The molecule has 0 unspecified atom stereocenters. The third-order valence-corrected chi connectivity index (χ3v) is 5.26. The Morgan fingerprint density at radius 2 is 1.81 bits per heavy atom. The molecule has 4 amide bonds. The van der Waals surface area contributed by atoms with Crippen LogP contribution in [0.2, 0.25) is 0 Å². The van der Waals surface area contributed by atoms with Gasteiger partial charge in [0.2, 0.25) is 0 Å². The summed E-state index contributed by atoms with van der Waals surface area (Å²) in [5, 5.41) is 2.25. The van der Waals surface area contributed by atoms with Crippen LogP contribution in [0.25, 0.3) is 6.08 Å². The van der Waals surface area contributed by atoms with Crippen LogP contribution in [0.4, 0.5) is 10.5 Å². The quantitative estimate of drug-likeness (QED) is 0.588. The second-order valence-electron chi connectivity index (χ2n) is 7.22. The van der Waals surface area contributed by atoms with E-state index in [1.165, 1.54) is 13.2 Å². The van der Waals surface area contributed by atoms with Crippen LogP contribution in [0.3, 0.4) is 0 Å². The van der Waals surface area contributed by atoms with Crippen LogP contribution in [0, 0.1) is 0 Å². The lowest BCUT2D eigenvalue weighted by molar-refractivity contribution is -0.130. The largest absolute Gasteiger partial charge is 0.496 e. The molecule has 0 atom stereocenters. The molecule has 2 saturated heterocycles. The Balaban J connectivity index is 1.62. The number of carbonyl (C=O) groups excluding carboxylic acids is 3. The Morgan fingerprint density at radius 3 is 2.52 bits per heavy atom. The number of barbiturate groups is 1. The van der Waals surface area contributed by atoms with Crippen molar-refractivity contribution in [3.8, 4) is 5.75 Å². The van der Waals surface area contributed by atoms with Gasteiger partial charge in [-0.15, -0.1) is 0 Å². The summed E-state index contributed by atoms with van der Waals surface area (Å²) in [6.45, 7) is 2.95. The molecule has 31 heavy (non-hydrogen) atoms. The zero-order chi connectivity index (χ0) is 21.8. The lowest BCUT2D eigenvalue weighted by Crippen LogP contribution is -2.53. The van der Waals surface area contributed by atoms with E-state index in [9.17, 15) is 14.4 Å². The number of imide groups is 2. The van der Waals surface area contributed by atoms with E-state index in [0.29, 0.717) is 24.5 Å². The maximum Gasteiger partial charge on any atom is 0.331 e. The van der Waals surface area contributed by atoms with Gasteiger partial charge in [-0.1, -0.05) is 30.3 Å². The van der Waals surface area contributed by atoms with E-state index in [4.69, 9.17) is 9.47 Å². The fourth-order valence-corrected chi connectivity index (χ4v) is 3.60. The van der Waals surface area contributed by atoms with Crippen molar-refractivity contribution in [3.63, 3.8) is 0 Å². The van der Waals surface area contributed by atoms with E-state index in [0.717, 1.165) is 29.2 Å². The molecule has 0 saturated carbocycles. The third kappa shape index (κ3) is 4.44. The van der Waals surface area contributed by atoms with Gasteiger partial charge in [0.25, 0.3) is 11.8 Å². The highest BCUT2D eigenvalue weighted by Gasteiger charge is 2.35. The third-order valence-electron chi connectivity index (χ3n) is 5.26. The Bertz CT molecular complexity index is 1030. The van der Waals surface area contributed by atoms with Crippen molar-refractivity contribution in [1.29, 1.82) is 0 Å². The van der Waals surface area contributed by atoms with Crippen LogP contribution in [0.1, 0.15) is 11.1 Å². The Labute approximate surface area is 180 Å². The van der Waals surface area contributed by atoms with Crippen LogP contribution in [-0.2, 0) is 20.9 Å². The zero-order valence-corrected chi connectivity index (χ0v) is 17.2. The van der Waals surface area contributed by atoms with Gasteiger partial charge in [0.1, 0.15) is 11.3 Å². The van der Waals surface area contributed by atoms with Crippen LogP contribution in [0.5, 0.6) is 5.75 Å². The second kappa shape index (κ2) is 9.01. The van der Waals surface area contributed by atoms with E-state index in [-0.39, 0.29) is 12.1 Å². The minimum Gasteiger partial charge on any atom is -0.496 e. The Morgan fingerprint density at radius 1 is 1.06 bits per heavy atom. The van der Waals surface area contributed by atoms with Gasteiger partial charge >= 0.3 is 6.03 Å². The summed E-state index contributed by atoms with van der Waals surface area (Å²) in [6, 6.07) is 14.0. The van der Waals surface area contributed by atoms with Gasteiger partial charge in [-0.25, -0.2) is 4.79 Å². The molecule has 8 heteroatoms. The second-order valence-corrected chi connectivity index (χ2v) is 7.22. The molecule has 0 spiro atoms. The number of ether oxygens (including phenoxy) is 2. The number of methoxy groups -OCH3 is 1. The van der Waals surface area contributed by atoms with E-state index in [1.54, 1.807) is 6.07 Å². The number of hydrogen-bond donors (Lipinski definition) is 1. The minimum absolute atomic E-state index is 0.0726. The van der Waals surface area contributed by atoms with Crippen molar-refractivity contribution in [2.75, 3.05) is 38.3 Å². The van der Waals surface area contributed by atoms with Gasteiger partial charge in [0.15, 0.2) is 0 Å². The Hall–Kier alpha value is -3.65. The number of morpholine rings is 1. The summed E-state index contributed by atoms with van der Waals surface area (Å²) in [7, 11) is 1.54. The molecule has 2 aliphatic heterocycles. The highest BCUT2D eigenvalue weighted by atomic mass is 16.5. The molecule has 0 aromatic heterocycles. The summed E-state index contributed by atoms with van der Waals surface area (Å²) >= 11 is 0. The average Bonchev–Trinajstić information content (AvgIpc) is 2.80. The van der Waals surface area contributed by atoms with Gasteiger partial charge in [0.05, 0.1) is 26.9 Å². The van der Waals surface area contributed by atoms with Crippen molar-refractivity contribution in [2.24, 2.45) is 0 Å². The molecule has 0 aliphatic carbocycles. The predicted molar refractivity (Wildman–Crippen MR) is 115 cm³/mol. The van der Waals surface area contributed by atoms with E-state index < -0.39 is 17.8 Å². The summed E-state index contributed by atoms with van der Waals surface area (Å²) in [4.78, 5) is 40.9. The maximum absolute atomic E-state index is 13.0. The first-order valence-corrected chi connectivity index (χ1v) is 10.0. The lowest BCUT2D eigenvalue weighted by atomic mass is 10.0. The fraction of sp³-hybridized carbons (Fsp3) is 0.261. The molecular weight excluding hydrogens is 398 g/mol. The first-order chi connectivity index (χ1) is 15.1. The molecular formula is C23H23N3O5. The van der Waals surface area contributed by atoms with Gasteiger partial charge in [-0.2, -0.15) is 0 Å². The molecule has 2 fully saturated rings. The van der Waals surface area contributed by atoms with Crippen LogP contribution in [0.15, 0.2) is 54.1 Å². The average molecular weight is 421 g/mol. The summed E-state index contributed by atoms with van der Waals surface area (Å²) in [5.41, 5.74) is 2.22. The normalized spacial score (nSPS) is 18.4. The molecule has 2 heterocycles. The number of carbonyl (C=O) groups is 3. The number of hydrogen-bond acceptors (Lipinski definition) is 6. The van der Waals surface area contributed by atoms with Crippen LogP contribution in [-0.4, -0.2) is 56.2 Å². The maximum atomic E-state index is 13.0. The highest BCUT2D eigenvalue weighted by molar-refractivity contribution is 6.31. The SMILES string of the molecule is COc1cc(N2CCOCC2)ccc1C=C1C(=O)NC(=O)N(Cc2ccccc2)C1=O. The summed E-state index contributed by atoms with van der Waals surface area (Å²) < 4.78 is 10.9. The van der Waals surface area contributed by atoms with Crippen molar-refractivity contribution < 1.29 is 23.9 Å². The first-order valence-electron chi connectivity index (χ1n) is 10.0. The topological polar surface area (TPSA) is 88.2 Å². The molecule has 8 nitrogen and oxygen atoms in total. The number of urea groups is 1. The summed E-state index contributed by atoms with van der Waals surface area (Å²) in [5.74, 6) is -0.834. The Kier molecular flexibility index (Phi) is 5.99. The molecule has 4 rings (SSSR count). The van der Waals surface area contributed by atoms with E-state index >= 15 is 0 Å². The highest BCUT2D eigenvalue weighted by Crippen LogP contribution is 2.29. The number of nitrogens with zero attached hydrogens (tertiary/aromatic N) is 2. The first kappa shape index (κ1) is 20.6. The van der Waals surface area contributed by atoms with Gasteiger partial charge in [-0.05, 0) is 23.8 Å². The lowest BCUT2D eigenvalue weighted by Gasteiger charge is -2.29. The number of anilines is 1. The number of rotatable bonds is 5. The van der Waals surface area contributed by atoms with Gasteiger partial charge in [0, 0.05) is 30.4 Å². The fourth-order valence-electron chi connectivity index (χ4n) is 3.60. The summed E-state index contributed by atoms with van der Waals surface area (Å²) in [6.07, 6.45) is 1.46. The zero-order valence-electron chi connectivity index (χ0n) is 17.2. The van der Waals surface area contributed by atoms with E-state index in [2.05, 4.69) is 10.2 Å². The van der Waals surface area contributed by atoms with Crippen molar-refractivity contribution in [3.05, 3.63) is 65.2 Å². The van der Waals surface area contributed by atoms with Gasteiger partial charge < -0.3 is 14.4 Å². The number of benzene rings is 2. The van der Waals surface area contributed by atoms with Crippen molar-refractivity contribution >= 4 is 29.6 Å². The molecule has 2 aliphatic rings. The molecule has 160 valence electrons. The standard InChI is InChI=1S/C23H23N3O5/c1-30-20-14-18(25-9-11-31-12-10-25)8-7-17(20)13-19-21(27)24-23(29)26(22(19)28)15-16-5-3-2-4-6-16/h2-8,13-14H,9-12,15H2,1H3,(H,24,27,29). The van der Waals surface area contributed by atoms with Crippen molar-refractivity contribution in [2.45, 2.75) is 6.54 Å². The smallest absolute Gasteiger partial charge is 0.331 e. The van der Waals surface area contributed by atoms with E-state index in [1.807, 2.05) is 42.5 Å². The minimum atomic E-state index is -0.731. The molecule has 0 radical (unpaired) electrons. The molecule has 2 aromatic carbocycles. The predicted octanol–water partition coefficient (Wildman–Crippen LogP) is 2.19. The van der Waals surface area contributed by atoms with Crippen LogP contribution < -0.4 is 15.0 Å². The van der Waals surface area contributed by atoms with Gasteiger partial charge in [-0.3, -0.25) is 19.8 Å². The van der Waals surface area contributed by atoms with Crippen LogP contribution >= 0.6 is 0 Å². The van der Waals surface area contributed by atoms with Crippen molar-refractivity contribution in [1.82, 2.24) is 10.2 Å². The molecule has 0 bridgehead atoms. The molecule has 1 N–H and O–H groups in total. The number of nitrogens with one attached hydrogen (secondary N) is 1. The number of amides is 4. The monoisotopic (exact) mass is 421 g/mol.